The maximum atomic E-state index is 11.2. The van der Waals surface area contributed by atoms with Crippen LogP contribution in [0.2, 0.25) is 0 Å². The van der Waals surface area contributed by atoms with Gasteiger partial charge in [-0.2, -0.15) is 0 Å². The van der Waals surface area contributed by atoms with Crippen molar-refractivity contribution < 1.29 is 14.3 Å². The van der Waals surface area contributed by atoms with Crippen molar-refractivity contribution in [2.75, 3.05) is 13.7 Å². The van der Waals surface area contributed by atoms with E-state index in [-0.39, 0.29) is 11.6 Å². The molecule has 144 valence electrons. The van der Waals surface area contributed by atoms with Crippen LogP contribution in [0.4, 0.5) is 0 Å². The van der Waals surface area contributed by atoms with Gasteiger partial charge in [-0.05, 0) is 42.9 Å². The number of benzene rings is 1. The zero-order chi connectivity index (χ0) is 18.7. The fourth-order valence-corrected chi connectivity index (χ4v) is 3.20. The van der Waals surface area contributed by atoms with Crippen LogP contribution in [0.25, 0.3) is 6.08 Å². The Kier molecular flexibility index (Phi) is 8.90. The van der Waals surface area contributed by atoms with Crippen molar-refractivity contribution >= 4 is 12.0 Å². The monoisotopic (exact) mass is 358 g/mol. The molecule has 0 N–H and O–H groups in total. The number of methoxy groups -OCH3 is 1. The van der Waals surface area contributed by atoms with E-state index in [1.807, 2.05) is 0 Å². The quantitative estimate of drug-likeness (QED) is 0.257. The molecule has 1 fully saturated rings. The SMILES string of the molecule is CCCCCCCCc1ccc(C=CC2(CCCC(=O)OC)CO2)cc1. The van der Waals surface area contributed by atoms with E-state index in [0.29, 0.717) is 6.42 Å². The molecule has 0 bridgehead atoms. The molecule has 0 aromatic heterocycles. The summed E-state index contributed by atoms with van der Waals surface area (Å²) in [7, 11) is 1.43. The zero-order valence-electron chi connectivity index (χ0n) is 16.5. The summed E-state index contributed by atoms with van der Waals surface area (Å²) in [6.07, 6.45) is 15.6. The van der Waals surface area contributed by atoms with E-state index >= 15 is 0 Å². The number of aryl methyl sites for hydroxylation is 1. The third-order valence-corrected chi connectivity index (χ3v) is 5.10. The van der Waals surface area contributed by atoms with Gasteiger partial charge in [0.25, 0.3) is 0 Å². The van der Waals surface area contributed by atoms with Crippen molar-refractivity contribution in [1.82, 2.24) is 0 Å². The third kappa shape index (κ3) is 7.74. The van der Waals surface area contributed by atoms with Gasteiger partial charge in [-0.1, -0.05) is 69.4 Å². The molecule has 3 nitrogen and oxygen atoms in total. The Morgan fingerprint density at radius 3 is 2.46 bits per heavy atom. The minimum atomic E-state index is -0.162. The fourth-order valence-electron chi connectivity index (χ4n) is 3.20. The van der Waals surface area contributed by atoms with Crippen LogP contribution >= 0.6 is 0 Å². The van der Waals surface area contributed by atoms with Crippen molar-refractivity contribution in [3.63, 3.8) is 0 Å². The van der Waals surface area contributed by atoms with Crippen LogP contribution in [0.5, 0.6) is 0 Å². The van der Waals surface area contributed by atoms with Gasteiger partial charge in [-0.15, -0.1) is 0 Å². The van der Waals surface area contributed by atoms with Gasteiger partial charge in [0.2, 0.25) is 0 Å². The zero-order valence-corrected chi connectivity index (χ0v) is 16.5. The summed E-state index contributed by atoms with van der Waals surface area (Å²) in [4.78, 5) is 11.2. The number of hydrogen-bond donors (Lipinski definition) is 0. The number of carbonyl (C=O) groups excluding carboxylic acids is 1. The molecule has 0 saturated carbocycles. The van der Waals surface area contributed by atoms with Crippen molar-refractivity contribution in [2.24, 2.45) is 0 Å². The Labute approximate surface area is 158 Å². The van der Waals surface area contributed by atoms with E-state index in [2.05, 4.69) is 48.1 Å². The van der Waals surface area contributed by atoms with Crippen molar-refractivity contribution in [3.8, 4) is 0 Å². The van der Waals surface area contributed by atoms with Crippen LogP contribution in [0.3, 0.4) is 0 Å². The maximum Gasteiger partial charge on any atom is 0.305 e. The molecular weight excluding hydrogens is 324 g/mol. The number of rotatable bonds is 13. The smallest absolute Gasteiger partial charge is 0.305 e. The number of hydrogen-bond acceptors (Lipinski definition) is 3. The molecule has 1 aliphatic heterocycles. The lowest BCUT2D eigenvalue weighted by Crippen LogP contribution is -2.08. The Balaban J connectivity index is 1.69. The predicted molar refractivity (Wildman–Crippen MR) is 107 cm³/mol. The van der Waals surface area contributed by atoms with Crippen molar-refractivity contribution in [2.45, 2.75) is 76.7 Å². The molecule has 0 radical (unpaired) electrons. The molecule has 1 aromatic carbocycles. The van der Waals surface area contributed by atoms with E-state index < -0.39 is 0 Å². The van der Waals surface area contributed by atoms with E-state index in [0.717, 1.165) is 19.4 Å². The Morgan fingerprint density at radius 2 is 1.81 bits per heavy atom. The van der Waals surface area contributed by atoms with Gasteiger partial charge in [0, 0.05) is 6.42 Å². The highest BCUT2D eigenvalue weighted by molar-refractivity contribution is 5.69. The van der Waals surface area contributed by atoms with Gasteiger partial charge in [0.1, 0.15) is 5.60 Å². The maximum absolute atomic E-state index is 11.2. The fraction of sp³-hybridized carbons (Fsp3) is 0.609. The number of esters is 1. The number of unbranched alkanes of at least 4 members (excludes halogenated alkanes) is 5. The third-order valence-electron chi connectivity index (χ3n) is 5.10. The van der Waals surface area contributed by atoms with Crippen molar-refractivity contribution in [3.05, 3.63) is 41.5 Å². The molecule has 0 spiro atoms. The molecule has 1 atom stereocenters. The molecule has 1 heterocycles. The van der Waals surface area contributed by atoms with Gasteiger partial charge in [-0.25, -0.2) is 0 Å². The Morgan fingerprint density at radius 1 is 1.12 bits per heavy atom. The van der Waals surface area contributed by atoms with Crippen molar-refractivity contribution in [1.29, 1.82) is 0 Å². The minimum Gasteiger partial charge on any atom is -0.469 e. The van der Waals surface area contributed by atoms with Crippen LogP contribution in [0.15, 0.2) is 30.3 Å². The lowest BCUT2D eigenvalue weighted by molar-refractivity contribution is -0.140. The molecule has 1 saturated heterocycles. The van der Waals surface area contributed by atoms with Crippen LogP contribution in [-0.2, 0) is 20.7 Å². The first-order valence-corrected chi connectivity index (χ1v) is 10.2. The normalized spacial score (nSPS) is 19.0. The van der Waals surface area contributed by atoms with Gasteiger partial charge in [-0.3, -0.25) is 4.79 Å². The number of epoxide rings is 1. The topological polar surface area (TPSA) is 38.8 Å². The van der Waals surface area contributed by atoms with Crippen LogP contribution in [-0.4, -0.2) is 25.3 Å². The van der Waals surface area contributed by atoms with Gasteiger partial charge >= 0.3 is 5.97 Å². The standard InChI is InChI=1S/C23H34O3/c1-3-4-5-6-7-8-10-20-12-14-21(15-13-20)16-18-23(19-26-23)17-9-11-22(24)25-2/h12-16,18H,3-11,17,19H2,1-2H3. The van der Waals surface area contributed by atoms with E-state index in [4.69, 9.17) is 4.74 Å². The lowest BCUT2D eigenvalue weighted by atomic mass is 10.00. The van der Waals surface area contributed by atoms with Crippen LogP contribution in [0, 0.1) is 0 Å². The highest BCUT2D eigenvalue weighted by atomic mass is 16.6. The molecule has 26 heavy (non-hydrogen) atoms. The first kappa shape index (κ1) is 20.7. The molecular formula is C23H34O3. The van der Waals surface area contributed by atoms with E-state index in [1.165, 1.54) is 63.2 Å². The summed E-state index contributed by atoms with van der Waals surface area (Å²) in [5.74, 6) is -0.147. The molecule has 3 heteroatoms. The van der Waals surface area contributed by atoms with E-state index in [9.17, 15) is 4.79 Å². The summed E-state index contributed by atoms with van der Waals surface area (Å²) in [6.45, 7) is 3.01. The number of ether oxygens (including phenoxy) is 2. The Hall–Kier alpha value is -1.61. The molecule has 0 amide bonds. The minimum absolute atomic E-state index is 0.147. The second-order valence-electron chi connectivity index (χ2n) is 7.38. The molecule has 1 aromatic rings. The summed E-state index contributed by atoms with van der Waals surface area (Å²) in [5, 5.41) is 0. The highest BCUT2D eigenvalue weighted by Crippen LogP contribution is 2.35. The highest BCUT2D eigenvalue weighted by Gasteiger charge is 2.41. The Bertz CT molecular complexity index is 555. The van der Waals surface area contributed by atoms with E-state index in [1.54, 1.807) is 0 Å². The predicted octanol–water partition coefficient (Wildman–Crippen LogP) is 5.72. The summed E-state index contributed by atoms with van der Waals surface area (Å²) >= 11 is 0. The molecule has 1 aliphatic rings. The second-order valence-corrected chi connectivity index (χ2v) is 7.38. The molecule has 2 rings (SSSR count). The van der Waals surface area contributed by atoms with Gasteiger partial charge in [0.05, 0.1) is 13.7 Å². The van der Waals surface area contributed by atoms with Crippen LogP contribution < -0.4 is 0 Å². The summed E-state index contributed by atoms with van der Waals surface area (Å²) < 4.78 is 10.3. The first-order chi connectivity index (χ1) is 12.7. The first-order valence-electron chi connectivity index (χ1n) is 10.2. The lowest BCUT2D eigenvalue weighted by Gasteiger charge is -2.06. The van der Waals surface area contributed by atoms with Gasteiger partial charge in [0.15, 0.2) is 0 Å². The second kappa shape index (κ2) is 11.2. The number of carbonyl (C=O) groups is 1. The summed E-state index contributed by atoms with van der Waals surface area (Å²) in [5.41, 5.74) is 2.47. The average molecular weight is 359 g/mol. The largest absolute Gasteiger partial charge is 0.469 e. The summed E-state index contributed by atoms with van der Waals surface area (Å²) in [6, 6.07) is 8.85. The van der Waals surface area contributed by atoms with Crippen LogP contribution in [0.1, 0.15) is 75.8 Å². The molecule has 1 unspecified atom stereocenters. The van der Waals surface area contributed by atoms with Gasteiger partial charge < -0.3 is 9.47 Å². The molecule has 0 aliphatic carbocycles. The average Bonchev–Trinajstić information content (AvgIpc) is 3.44.